The van der Waals surface area contributed by atoms with E-state index in [1.165, 1.54) is 17.2 Å². The smallest absolute Gasteiger partial charge is 0.358 e. The number of carbonyl (C=O) groups excluding carboxylic acids is 4. The molecule has 0 bridgehead atoms. The highest BCUT2D eigenvalue weighted by molar-refractivity contribution is 7.14. The number of ether oxygens (including phenoxy) is 1. The van der Waals surface area contributed by atoms with Crippen molar-refractivity contribution in [3.63, 3.8) is 0 Å². The highest BCUT2D eigenvalue weighted by Gasteiger charge is 2.30. The number of hydrogen-bond acceptors (Lipinski definition) is 7. The molecule has 0 saturated heterocycles. The second-order valence-electron chi connectivity index (χ2n) is 6.18. The third-order valence-electron chi connectivity index (χ3n) is 3.95. The van der Waals surface area contributed by atoms with Crippen LogP contribution in [-0.2, 0) is 19.1 Å². The standard InChI is InChI=1S/C18H18N4O5S/c1-10-7-15(24)20-12-5-3-4-6-14(12)22(10)16(25)8-27-17(26)13-9-28-18(21-13)19-11(2)23/h3-6,9-10H,7-8H2,1-2H3,(H,20,24)(H,19,21,23). The Morgan fingerprint density at radius 3 is 2.86 bits per heavy atom. The predicted molar refractivity (Wildman–Crippen MR) is 103 cm³/mol. The summed E-state index contributed by atoms with van der Waals surface area (Å²) in [5.74, 6) is -1.73. The quantitative estimate of drug-likeness (QED) is 0.756. The van der Waals surface area contributed by atoms with Gasteiger partial charge in [-0.15, -0.1) is 11.3 Å². The number of carbonyl (C=O) groups is 4. The van der Waals surface area contributed by atoms with Gasteiger partial charge in [0.1, 0.15) is 0 Å². The Hall–Kier alpha value is -3.27. The van der Waals surface area contributed by atoms with Crippen LogP contribution in [0, 0.1) is 0 Å². The van der Waals surface area contributed by atoms with Gasteiger partial charge in [-0.25, -0.2) is 9.78 Å². The monoisotopic (exact) mass is 402 g/mol. The molecule has 9 nitrogen and oxygen atoms in total. The van der Waals surface area contributed by atoms with Crippen LogP contribution in [0.3, 0.4) is 0 Å². The number of rotatable bonds is 4. The van der Waals surface area contributed by atoms with Crippen LogP contribution in [0.1, 0.15) is 30.8 Å². The lowest BCUT2D eigenvalue weighted by Crippen LogP contribution is -2.41. The number of esters is 1. The summed E-state index contributed by atoms with van der Waals surface area (Å²) in [6.45, 7) is 2.58. The Morgan fingerprint density at radius 2 is 2.11 bits per heavy atom. The minimum atomic E-state index is -0.772. The van der Waals surface area contributed by atoms with Crippen molar-refractivity contribution >= 4 is 51.5 Å². The first-order valence-electron chi connectivity index (χ1n) is 8.46. The van der Waals surface area contributed by atoms with Crippen LogP contribution in [-0.4, -0.2) is 41.3 Å². The van der Waals surface area contributed by atoms with Crippen LogP contribution in [0.2, 0.25) is 0 Å². The molecule has 146 valence electrons. The summed E-state index contributed by atoms with van der Waals surface area (Å²) in [6, 6.07) is 6.54. The number of hydrogen-bond donors (Lipinski definition) is 2. The summed E-state index contributed by atoms with van der Waals surface area (Å²) in [7, 11) is 0. The van der Waals surface area contributed by atoms with E-state index in [9.17, 15) is 19.2 Å². The van der Waals surface area contributed by atoms with Crippen molar-refractivity contribution in [1.29, 1.82) is 0 Å². The zero-order chi connectivity index (χ0) is 20.3. The van der Waals surface area contributed by atoms with Gasteiger partial charge >= 0.3 is 5.97 Å². The number of amides is 3. The fourth-order valence-corrected chi connectivity index (χ4v) is 3.54. The van der Waals surface area contributed by atoms with Gasteiger partial charge in [0.05, 0.1) is 11.4 Å². The van der Waals surface area contributed by atoms with Gasteiger partial charge in [0.2, 0.25) is 11.8 Å². The molecular formula is C18H18N4O5S. The summed E-state index contributed by atoms with van der Waals surface area (Å²) < 4.78 is 5.09. The Morgan fingerprint density at radius 1 is 1.36 bits per heavy atom. The van der Waals surface area contributed by atoms with Crippen molar-refractivity contribution in [2.45, 2.75) is 26.3 Å². The van der Waals surface area contributed by atoms with E-state index >= 15 is 0 Å². The highest BCUT2D eigenvalue weighted by atomic mass is 32.1. The van der Waals surface area contributed by atoms with E-state index in [1.807, 2.05) is 0 Å². The van der Waals surface area contributed by atoms with Crippen molar-refractivity contribution in [3.05, 3.63) is 35.3 Å². The molecule has 0 saturated carbocycles. The Balaban J connectivity index is 1.70. The lowest BCUT2D eigenvalue weighted by atomic mass is 10.1. The van der Waals surface area contributed by atoms with Crippen LogP contribution in [0.4, 0.5) is 16.5 Å². The maximum atomic E-state index is 12.8. The Labute approximate surface area is 164 Å². The Kier molecular flexibility index (Phi) is 5.69. The SMILES string of the molecule is CC(=O)Nc1nc(C(=O)OCC(=O)N2c3ccccc3NC(=O)CC2C)cs1. The Bertz CT molecular complexity index is 942. The second-order valence-corrected chi connectivity index (χ2v) is 7.04. The van der Waals surface area contributed by atoms with E-state index in [1.54, 1.807) is 31.2 Å². The number of nitrogens with one attached hydrogen (secondary N) is 2. The average Bonchev–Trinajstić information content (AvgIpc) is 3.03. The second kappa shape index (κ2) is 8.17. The van der Waals surface area contributed by atoms with Gasteiger partial charge in [0, 0.05) is 24.8 Å². The maximum Gasteiger partial charge on any atom is 0.358 e. The molecule has 1 aromatic carbocycles. The molecule has 1 unspecified atom stereocenters. The molecule has 0 aliphatic carbocycles. The lowest BCUT2D eigenvalue weighted by Gasteiger charge is -2.27. The third-order valence-corrected chi connectivity index (χ3v) is 4.71. The minimum Gasteiger partial charge on any atom is -0.451 e. The van der Waals surface area contributed by atoms with Crippen molar-refractivity contribution in [2.75, 3.05) is 22.1 Å². The molecule has 3 amide bonds. The van der Waals surface area contributed by atoms with Gasteiger partial charge in [-0.1, -0.05) is 12.1 Å². The van der Waals surface area contributed by atoms with E-state index in [0.717, 1.165) is 11.3 Å². The summed E-state index contributed by atoms with van der Waals surface area (Å²) in [4.78, 5) is 53.3. The van der Waals surface area contributed by atoms with Crippen molar-refractivity contribution < 1.29 is 23.9 Å². The van der Waals surface area contributed by atoms with Crippen LogP contribution in [0.25, 0.3) is 0 Å². The van der Waals surface area contributed by atoms with Crippen LogP contribution in [0.5, 0.6) is 0 Å². The van der Waals surface area contributed by atoms with Crippen LogP contribution in [0.15, 0.2) is 29.6 Å². The molecule has 2 N–H and O–H groups in total. The summed E-state index contributed by atoms with van der Waals surface area (Å²) in [5, 5.41) is 6.94. The predicted octanol–water partition coefficient (Wildman–Crippen LogP) is 2.02. The summed E-state index contributed by atoms with van der Waals surface area (Å²) in [5.41, 5.74) is 1.07. The molecule has 2 heterocycles. The van der Waals surface area contributed by atoms with Gasteiger partial charge in [-0.05, 0) is 19.1 Å². The van der Waals surface area contributed by atoms with Gasteiger partial charge < -0.3 is 20.3 Å². The zero-order valence-electron chi connectivity index (χ0n) is 15.2. The maximum absolute atomic E-state index is 12.8. The van der Waals surface area contributed by atoms with E-state index < -0.39 is 24.5 Å². The van der Waals surface area contributed by atoms with E-state index in [-0.39, 0.29) is 29.1 Å². The number of benzene rings is 1. The van der Waals surface area contributed by atoms with Crippen molar-refractivity contribution in [1.82, 2.24) is 4.98 Å². The van der Waals surface area contributed by atoms with Crippen molar-refractivity contribution in [2.24, 2.45) is 0 Å². The summed E-state index contributed by atoms with van der Waals surface area (Å²) >= 11 is 1.08. The minimum absolute atomic E-state index is 0.00251. The fourth-order valence-electron chi connectivity index (χ4n) is 2.81. The molecule has 0 spiro atoms. The highest BCUT2D eigenvalue weighted by Crippen LogP contribution is 2.31. The van der Waals surface area contributed by atoms with Crippen LogP contribution >= 0.6 is 11.3 Å². The lowest BCUT2D eigenvalue weighted by molar-refractivity contribution is -0.122. The van der Waals surface area contributed by atoms with Gasteiger partial charge in [-0.2, -0.15) is 0 Å². The molecule has 0 radical (unpaired) electrons. The molecule has 28 heavy (non-hydrogen) atoms. The van der Waals surface area contributed by atoms with Gasteiger partial charge in [0.25, 0.3) is 5.91 Å². The molecule has 1 aliphatic rings. The molecule has 0 fully saturated rings. The molecule has 3 rings (SSSR count). The van der Waals surface area contributed by atoms with E-state index in [4.69, 9.17) is 4.74 Å². The first kappa shape index (κ1) is 19.5. The van der Waals surface area contributed by atoms with E-state index in [0.29, 0.717) is 11.4 Å². The zero-order valence-corrected chi connectivity index (χ0v) is 16.0. The number of thiazole rings is 1. The largest absolute Gasteiger partial charge is 0.451 e. The van der Waals surface area contributed by atoms with E-state index in [2.05, 4.69) is 15.6 Å². The fraction of sp³-hybridized carbons (Fsp3) is 0.278. The van der Waals surface area contributed by atoms with Crippen molar-refractivity contribution in [3.8, 4) is 0 Å². The molecule has 1 atom stereocenters. The third kappa shape index (κ3) is 4.34. The molecular weight excluding hydrogens is 384 g/mol. The number of fused-ring (bicyclic) bond motifs is 1. The van der Waals surface area contributed by atoms with Crippen LogP contribution < -0.4 is 15.5 Å². The number of para-hydroxylation sites is 2. The number of nitrogens with zero attached hydrogens (tertiary/aromatic N) is 2. The number of anilines is 3. The molecule has 2 aromatic rings. The topological polar surface area (TPSA) is 118 Å². The summed E-state index contributed by atoms with van der Waals surface area (Å²) in [6.07, 6.45) is 0.126. The first-order chi connectivity index (χ1) is 13.3. The molecule has 10 heteroatoms. The molecule has 1 aliphatic heterocycles. The molecule has 1 aromatic heterocycles. The number of aromatic nitrogens is 1. The average molecular weight is 402 g/mol. The first-order valence-corrected chi connectivity index (χ1v) is 9.34. The van der Waals surface area contributed by atoms with Gasteiger partial charge in [0.15, 0.2) is 17.4 Å². The normalized spacial score (nSPS) is 15.9. The van der Waals surface area contributed by atoms with Gasteiger partial charge in [-0.3, -0.25) is 14.4 Å².